The van der Waals surface area contributed by atoms with Gasteiger partial charge < -0.3 is 9.47 Å². The van der Waals surface area contributed by atoms with Gasteiger partial charge in [0.1, 0.15) is 4.61 Å². The van der Waals surface area contributed by atoms with Crippen LogP contribution in [0.5, 0.6) is 0 Å². The summed E-state index contributed by atoms with van der Waals surface area (Å²) >= 11 is 7.39. The molecule has 264 valence electrons. The zero-order valence-corrected chi connectivity index (χ0v) is 32.3. The van der Waals surface area contributed by atoms with Gasteiger partial charge in [0.15, 0.2) is 6.07 Å². The van der Waals surface area contributed by atoms with Crippen LogP contribution in [-0.2, 0) is 19.1 Å². The third-order valence-corrected chi connectivity index (χ3v) is 8.82. The molecule has 6 heteroatoms. The predicted octanol–water partition coefficient (Wildman–Crippen LogP) is 14.2. The Balaban J connectivity index is 0. The zero-order chi connectivity index (χ0) is 32.6. The van der Waals surface area contributed by atoms with Crippen LogP contribution < -0.4 is 0 Å². The van der Waals surface area contributed by atoms with Crippen molar-refractivity contribution in [2.45, 2.75) is 219 Å². The van der Waals surface area contributed by atoms with E-state index in [9.17, 15) is 9.59 Å². The van der Waals surface area contributed by atoms with Gasteiger partial charge in [0, 0.05) is 12.8 Å². The second-order valence-electron chi connectivity index (χ2n) is 12.7. The SMILES string of the molecule is CCCCCCCCCCCCCCCCCC(=O)OCCl.CCCCCCCCCCCCCCCCCC(=O)OCI. The zero-order valence-electron chi connectivity index (χ0n) is 29.4. The van der Waals surface area contributed by atoms with Crippen LogP contribution in [0.1, 0.15) is 219 Å². The van der Waals surface area contributed by atoms with Gasteiger partial charge in [-0.3, -0.25) is 9.59 Å². The first-order valence-electron chi connectivity index (χ1n) is 19.0. The van der Waals surface area contributed by atoms with Gasteiger partial charge in [-0.05, 0) is 35.4 Å². The Morgan fingerprint density at radius 1 is 0.409 bits per heavy atom. The molecule has 0 amide bonds. The van der Waals surface area contributed by atoms with E-state index in [0.717, 1.165) is 19.3 Å². The van der Waals surface area contributed by atoms with E-state index >= 15 is 0 Å². The van der Waals surface area contributed by atoms with Crippen molar-refractivity contribution >= 4 is 46.1 Å². The molecule has 0 aromatic heterocycles. The number of alkyl halides is 2. The minimum absolute atomic E-state index is 0.0163. The molecule has 0 fully saturated rings. The first-order valence-corrected chi connectivity index (χ1v) is 21.1. The molecule has 0 aliphatic heterocycles. The normalized spacial score (nSPS) is 10.8. The Morgan fingerprint density at radius 2 is 0.636 bits per heavy atom. The highest BCUT2D eigenvalue weighted by Crippen LogP contribution is 2.15. The quantitative estimate of drug-likeness (QED) is 0.0284. The maximum atomic E-state index is 11.1. The molecule has 0 heterocycles. The predicted molar refractivity (Wildman–Crippen MR) is 201 cm³/mol. The van der Waals surface area contributed by atoms with Crippen LogP contribution in [0.4, 0.5) is 0 Å². The standard InChI is InChI=1S/C19H37ClO2.C19H37IO2/c2*1-2-3-4-5-6-7-8-9-10-11-12-13-14-15-16-17-19(21)22-18-20/h2*2-18H2,1H3. The fourth-order valence-corrected chi connectivity index (χ4v) is 6.02. The molecule has 0 aromatic rings. The van der Waals surface area contributed by atoms with Crippen molar-refractivity contribution in [3.05, 3.63) is 0 Å². The number of ether oxygens (including phenoxy) is 2. The van der Waals surface area contributed by atoms with Crippen molar-refractivity contribution in [1.29, 1.82) is 0 Å². The third kappa shape index (κ3) is 44.1. The summed E-state index contributed by atoms with van der Waals surface area (Å²) in [6.07, 6.45) is 41.5. The molecule has 0 unspecified atom stereocenters. The van der Waals surface area contributed by atoms with Crippen molar-refractivity contribution in [2.24, 2.45) is 0 Å². The van der Waals surface area contributed by atoms with Crippen molar-refractivity contribution < 1.29 is 19.1 Å². The molecule has 0 spiro atoms. The monoisotopic (exact) mass is 756 g/mol. The molecule has 0 atom stereocenters. The first kappa shape index (κ1) is 46.1. The van der Waals surface area contributed by atoms with Gasteiger partial charge in [-0.15, -0.1) is 0 Å². The lowest BCUT2D eigenvalue weighted by Crippen LogP contribution is -2.01. The Kier molecular flexibility index (Phi) is 45.0. The fourth-order valence-electron chi connectivity index (χ4n) is 5.55. The van der Waals surface area contributed by atoms with Gasteiger partial charge in [0.2, 0.25) is 0 Å². The number of carbonyl (C=O) groups is 2. The summed E-state index contributed by atoms with van der Waals surface area (Å²) in [5.74, 6) is -0.200. The van der Waals surface area contributed by atoms with E-state index < -0.39 is 0 Å². The minimum atomic E-state index is -0.162. The molecule has 0 aliphatic rings. The van der Waals surface area contributed by atoms with Crippen molar-refractivity contribution in [2.75, 3.05) is 10.7 Å². The molecule has 0 saturated carbocycles. The molecule has 0 bridgehead atoms. The Bertz CT molecular complexity index is 513. The van der Waals surface area contributed by atoms with Crippen LogP contribution in [-0.4, -0.2) is 22.6 Å². The highest BCUT2D eigenvalue weighted by Gasteiger charge is 2.02. The average molecular weight is 757 g/mol. The summed E-state index contributed by atoms with van der Waals surface area (Å²) in [5, 5.41) is 0. The molecule has 4 nitrogen and oxygen atoms in total. The van der Waals surface area contributed by atoms with Crippen LogP contribution in [0.15, 0.2) is 0 Å². The first-order chi connectivity index (χ1) is 21.6. The molecule has 0 radical (unpaired) electrons. The molecule has 0 aliphatic carbocycles. The largest absolute Gasteiger partial charge is 0.455 e. The van der Waals surface area contributed by atoms with Crippen LogP contribution in [0.25, 0.3) is 0 Å². The van der Waals surface area contributed by atoms with Crippen molar-refractivity contribution in [3.8, 4) is 0 Å². The molecule has 0 N–H and O–H groups in total. The van der Waals surface area contributed by atoms with E-state index in [4.69, 9.17) is 16.3 Å². The number of esters is 2. The van der Waals surface area contributed by atoms with E-state index in [1.54, 1.807) is 0 Å². The smallest absolute Gasteiger partial charge is 0.306 e. The van der Waals surface area contributed by atoms with Crippen LogP contribution >= 0.6 is 34.2 Å². The molecular formula is C38H74ClIO4. The van der Waals surface area contributed by atoms with Gasteiger partial charge in [-0.25, -0.2) is 0 Å². The molecule has 0 saturated heterocycles. The summed E-state index contributed by atoms with van der Waals surface area (Å²) < 4.78 is 10.1. The highest BCUT2D eigenvalue weighted by molar-refractivity contribution is 14.1. The van der Waals surface area contributed by atoms with Crippen LogP contribution in [0.3, 0.4) is 0 Å². The van der Waals surface area contributed by atoms with E-state index in [1.807, 2.05) is 0 Å². The van der Waals surface area contributed by atoms with Crippen molar-refractivity contribution in [1.82, 2.24) is 0 Å². The van der Waals surface area contributed by atoms with E-state index in [-0.39, 0.29) is 18.0 Å². The maximum Gasteiger partial charge on any atom is 0.306 e. The van der Waals surface area contributed by atoms with Gasteiger partial charge in [-0.2, -0.15) is 0 Å². The summed E-state index contributed by atoms with van der Waals surface area (Å²) in [7, 11) is 0. The van der Waals surface area contributed by atoms with Crippen LogP contribution in [0, 0.1) is 0 Å². The lowest BCUT2D eigenvalue weighted by Gasteiger charge is -2.03. The van der Waals surface area contributed by atoms with Gasteiger partial charge in [-0.1, -0.05) is 205 Å². The van der Waals surface area contributed by atoms with Gasteiger partial charge in [0.25, 0.3) is 0 Å². The number of hydrogen-bond donors (Lipinski definition) is 0. The van der Waals surface area contributed by atoms with Crippen LogP contribution in [0.2, 0.25) is 0 Å². The number of carbonyl (C=O) groups excluding carboxylic acids is 2. The lowest BCUT2D eigenvalue weighted by molar-refractivity contribution is -0.142. The second-order valence-corrected chi connectivity index (χ2v) is 13.5. The average Bonchev–Trinajstić information content (AvgIpc) is 3.01. The summed E-state index contributed by atoms with van der Waals surface area (Å²) in [6.45, 7) is 4.55. The number of rotatable bonds is 34. The third-order valence-electron chi connectivity index (χ3n) is 8.40. The summed E-state index contributed by atoms with van der Waals surface area (Å²) in [4.78, 5) is 22.2. The second kappa shape index (κ2) is 43.0. The molecular weight excluding hydrogens is 683 g/mol. The van der Waals surface area contributed by atoms with Gasteiger partial charge in [0.05, 0.1) is 0 Å². The van der Waals surface area contributed by atoms with E-state index in [1.165, 1.54) is 173 Å². The number of hydrogen-bond acceptors (Lipinski definition) is 4. The van der Waals surface area contributed by atoms with E-state index in [2.05, 4.69) is 41.2 Å². The fraction of sp³-hybridized carbons (Fsp3) is 0.947. The molecule has 0 aromatic carbocycles. The van der Waals surface area contributed by atoms with Gasteiger partial charge >= 0.3 is 11.9 Å². The number of unbranched alkanes of at least 4 members (excludes halogenated alkanes) is 28. The highest BCUT2D eigenvalue weighted by atomic mass is 127. The minimum Gasteiger partial charge on any atom is -0.455 e. The Hall–Kier alpha value is -0.0400. The molecule has 0 rings (SSSR count). The maximum absolute atomic E-state index is 11.1. The molecule has 44 heavy (non-hydrogen) atoms. The topological polar surface area (TPSA) is 52.6 Å². The lowest BCUT2D eigenvalue weighted by atomic mass is 10.0. The van der Waals surface area contributed by atoms with Crippen molar-refractivity contribution in [3.63, 3.8) is 0 Å². The summed E-state index contributed by atoms with van der Waals surface area (Å²) in [5.41, 5.74) is 0. The van der Waals surface area contributed by atoms with E-state index in [0.29, 0.717) is 17.5 Å². The Morgan fingerprint density at radius 3 is 0.864 bits per heavy atom. The summed E-state index contributed by atoms with van der Waals surface area (Å²) in [6, 6.07) is -0.0163. The Labute approximate surface area is 293 Å². The number of halogens is 2.